The second kappa shape index (κ2) is 7.27. The van der Waals surface area contributed by atoms with E-state index in [1.165, 1.54) is 45.6 Å². The minimum absolute atomic E-state index is 0.331. The third kappa shape index (κ3) is 3.95. The van der Waals surface area contributed by atoms with Crippen molar-refractivity contribution in [1.82, 2.24) is 4.98 Å². The fourth-order valence-electron chi connectivity index (χ4n) is 2.89. The van der Waals surface area contributed by atoms with Gasteiger partial charge in [0.05, 0.1) is 18.4 Å². The molecule has 0 amide bonds. The summed E-state index contributed by atoms with van der Waals surface area (Å²) in [6.07, 6.45) is 8.13. The van der Waals surface area contributed by atoms with Crippen LogP contribution < -0.4 is 5.32 Å². The molecule has 0 bridgehead atoms. The molecule has 0 saturated heterocycles. The maximum atomic E-state index is 11.5. The Labute approximate surface area is 120 Å². The van der Waals surface area contributed by atoms with Gasteiger partial charge in [0.15, 0.2) is 0 Å². The number of methoxy groups -OCH3 is 1. The zero-order valence-electron chi connectivity index (χ0n) is 12.4. The summed E-state index contributed by atoms with van der Waals surface area (Å²) in [5, 5.41) is 3.33. The minimum atomic E-state index is -0.331. The van der Waals surface area contributed by atoms with Crippen LogP contribution in [0.4, 0.5) is 5.82 Å². The number of hydrogen-bond acceptors (Lipinski definition) is 4. The highest BCUT2D eigenvalue weighted by atomic mass is 16.5. The molecule has 1 aliphatic carbocycles. The van der Waals surface area contributed by atoms with Crippen molar-refractivity contribution in [2.24, 2.45) is 5.92 Å². The van der Waals surface area contributed by atoms with Gasteiger partial charge >= 0.3 is 5.97 Å². The maximum Gasteiger partial charge on any atom is 0.339 e. The van der Waals surface area contributed by atoms with Gasteiger partial charge in [-0.1, -0.05) is 25.7 Å². The Hall–Kier alpha value is -1.58. The lowest BCUT2D eigenvalue weighted by molar-refractivity contribution is 0.0599. The van der Waals surface area contributed by atoms with Crippen molar-refractivity contribution in [2.75, 3.05) is 19.0 Å². The summed E-state index contributed by atoms with van der Waals surface area (Å²) in [6, 6.07) is 3.61. The van der Waals surface area contributed by atoms with Gasteiger partial charge in [-0.25, -0.2) is 9.78 Å². The fraction of sp³-hybridized carbons (Fsp3) is 0.625. The Morgan fingerprint density at radius 1 is 1.40 bits per heavy atom. The molecule has 1 N–H and O–H groups in total. The smallest absolute Gasteiger partial charge is 0.339 e. The minimum Gasteiger partial charge on any atom is -0.465 e. The normalized spacial score (nSPS) is 15.3. The van der Waals surface area contributed by atoms with Gasteiger partial charge in [0.25, 0.3) is 0 Å². The van der Waals surface area contributed by atoms with Crippen LogP contribution in [0.3, 0.4) is 0 Å². The number of aromatic nitrogens is 1. The van der Waals surface area contributed by atoms with E-state index in [1.807, 2.05) is 13.0 Å². The SMILES string of the molecule is COC(=O)c1ccc(NCCCC2CCCC2)nc1C. The molecule has 1 saturated carbocycles. The van der Waals surface area contributed by atoms with E-state index in [4.69, 9.17) is 4.74 Å². The molecule has 0 spiro atoms. The molecule has 0 atom stereocenters. The molecular formula is C16H24N2O2. The molecule has 1 aromatic rings. The fourth-order valence-corrected chi connectivity index (χ4v) is 2.89. The molecule has 1 aromatic heterocycles. The van der Waals surface area contributed by atoms with Crippen molar-refractivity contribution in [3.63, 3.8) is 0 Å². The summed E-state index contributed by atoms with van der Waals surface area (Å²) >= 11 is 0. The van der Waals surface area contributed by atoms with Gasteiger partial charge in [-0.2, -0.15) is 0 Å². The second-order valence-corrected chi connectivity index (χ2v) is 5.54. The van der Waals surface area contributed by atoms with Crippen LogP contribution in [0.2, 0.25) is 0 Å². The molecule has 20 heavy (non-hydrogen) atoms. The van der Waals surface area contributed by atoms with Crippen LogP contribution >= 0.6 is 0 Å². The Balaban J connectivity index is 1.78. The molecular weight excluding hydrogens is 252 g/mol. The maximum absolute atomic E-state index is 11.5. The Morgan fingerprint density at radius 3 is 2.80 bits per heavy atom. The second-order valence-electron chi connectivity index (χ2n) is 5.54. The first kappa shape index (κ1) is 14.8. The Kier molecular flexibility index (Phi) is 5.39. The number of aryl methyl sites for hydroxylation is 1. The number of ether oxygens (including phenoxy) is 1. The van der Waals surface area contributed by atoms with E-state index in [-0.39, 0.29) is 5.97 Å². The van der Waals surface area contributed by atoms with Gasteiger partial charge in [0.2, 0.25) is 0 Å². The first-order chi connectivity index (χ1) is 9.70. The topological polar surface area (TPSA) is 51.2 Å². The molecule has 1 aliphatic rings. The zero-order chi connectivity index (χ0) is 14.4. The summed E-state index contributed by atoms with van der Waals surface area (Å²) in [4.78, 5) is 15.9. The lowest BCUT2D eigenvalue weighted by atomic mass is 10.0. The van der Waals surface area contributed by atoms with Crippen LogP contribution in [0, 0.1) is 12.8 Å². The number of rotatable bonds is 6. The van der Waals surface area contributed by atoms with Crippen LogP contribution in [-0.4, -0.2) is 24.6 Å². The summed E-state index contributed by atoms with van der Waals surface area (Å²) in [7, 11) is 1.39. The Morgan fingerprint density at radius 2 is 2.15 bits per heavy atom. The van der Waals surface area contributed by atoms with Crippen LogP contribution in [-0.2, 0) is 4.74 Å². The van der Waals surface area contributed by atoms with E-state index >= 15 is 0 Å². The summed E-state index contributed by atoms with van der Waals surface area (Å²) < 4.78 is 4.71. The number of esters is 1. The summed E-state index contributed by atoms with van der Waals surface area (Å²) in [5.74, 6) is 1.44. The largest absolute Gasteiger partial charge is 0.465 e. The van der Waals surface area contributed by atoms with E-state index in [1.54, 1.807) is 6.07 Å². The average molecular weight is 276 g/mol. The van der Waals surface area contributed by atoms with Gasteiger partial charge in [-0.05, 0) is 37.8 Å². The van der Waals surface area contributed by atoms with E-state index in [2.05, 4.69) is 10.3 Å². The van der Waals surface area contributed by atoms with E-state index in [0.29, 0.717) is 11.3 Å². The highest BCUT2D eigenvalue weighted by Gasteiger charge is 2.14. The predicted octanol–water partition coefficient (Wildman–Crippen LogP) is 3.56. The van der Waals surface area contributed by atoms with Crippen molar-refractivity contribution < 1.29 is 9.53 Å². The van der Waals surface area contributed by atoms with Crippen molar-refractivity contribution >= 4 is 11.8 Å². The average Bonchev–Trinajstić information content (AvgIpc) is 2.96. The van der Waals surface area contributed by atoms with Gasteiger partial charge in [-0.15, -0.1) is 0 Å². The van der Waals surface area contributed by atoms with Gasteiger partial charge in [0.1, 0.15) is 5.82 Å². The number of carbonyl (C=O) groups excluding carboxylic acids is 1. The predicted molar refractivity (Wildman–Crippen MR) is 80.0 cm³/mol. The van der Waals surface area contributed by atoms with Crippen molar-refractivity contribution in [3.8, 4) is 0 Å². The van der Waals surface area contributed by atoms with E-state index in [0.717, 1.165) is 18.3 Å². The number of anilines is 1. The summed E-state index contributed by atoms with van der Waals surface area (Å²) in [6.45, 7) is 2.77. The first-order valence-corrected chi connectivity index (χ1v) is 7.50. The highest BCUT2D eigenvalue weighted by molar-refractivity contribution is 5.90. The van der Waals surface area contributed by atoms with Crippen molar-refractivity contribution in [1.29, 1.82) is 0 Å². The van der Waals surface area contributed by atoms with Gasteiger partial charge < -0.3 is 10.1 Å². The molecule has 1 heterocycles. The third-order valence-electron chi connectivity index (χ3n) is 4.06. The monoisotopic (exact) mass is 276 g/mol. The van der Waals surface area contributed by atoms with Crippen LogP contribution in [0.15, 0.2) is 12.1 Å². The third-order valence-corrected chi connectivity index (χ3v) is 4.06. The first-order valence-electron chi connectivity index (χ1n) is 7.50. The molecule has 1 fully saturated rings. The molecule has 0 aromatic carbocycles. The molecule has 4 nitrogen and oxygen atoms in total. The highest BCUT2D eigenvalue weighted by Crippen LogP contribution is 2.28. The van der Waals surface area contributed by atoms with Crippen LogP contribution in [0.25, 0.3) is 0 Å². The van der Waals surface area contributed by atoms with Gasteiger partial charge in [0, 0.05) is 6.54 Å². The molecule has 2 rings (SSSR count). The molecule has 4 heteroatoms. The molecule has 0 unspecified atom stereocenters. The quantitative estimate of drug-likeness (QED) is 0.637. The summed E-state index contributed by atoms with van der Waals surface area (Å²) in [5.41, 5.74) is 1.24. The van der Waals surface area contributed by atoms with Crippen LogP contribution in [0.1, 0.15) is 54.6 Å². The lowest BCUT2D eigenvalue weighted by Crippen LogP contribution is -2.09. The molecule has 110 valence electrons. The van der Waals surface area contributed by atoms with Crippen molar-refractivity contribution in [2.45, 2.75) is 45.4 Å². The number of hydrogen-bond donors (Lipinski definition) is 1. The lowest BCUT2D eigenvalue weighted by Gasteiger charge is -2.11. The number of carbonyl (C=O) groups is 1. The number of pyridine rings is 1. The molecule has 0 radical (unpaired) electrons. The number of nitrogens with one attached hydrogen (secondary N) is 1. The Bertz CT molecular complexity index is 454. The van der Waals surface area contributed by atoms with Crippen molar-refractivity contribution in [3.05, 3.63) is 23.4 Å². The number of nitrogens with zero attached hydrogens (tertiary/aromatic N) is 1. The van der Waals surface area contributed by atoms with Crippen LogP contribution in [0.5, 0.6) is 0 Å². The molecule has 0 aliphatic heterocycles. The van der Waals surface area contributed by atoms with E-state index < -0.39 is 0 Å². The zero-order valence-corrected chi connectivity index (χ0v) is 12.4. The van der Waals surface area contributed by atoms with E-state index in [9.17, 15) is 4.79 Å². The van der Waals surface area contributed by atoms with Gasteiger partial charge in [-0.3, -0.25) is 0 Å². The standard InChI is InChI=1S/C16H24N2O2/c1-12-14(16(19)20-2)9-10-15(18-12)17-11-5-8-13-6-3-4-7-13/h9-10,13H,3-8,11H2,1-2H3,(H,17,18).